The topological polar surface area (TPSA) is 71.3 Å². The zero-order valence-corrected chi connectivity index (χ0v) is 17.6. The molecular formula is C26H26N2O3. The van der Waals surface area contributed by atoms with Gasteiger partial charge in [-0.05, 0) is 35.7 Å². The molecule has 0 heterocycles. The van der Waals surface area contributed by atoms with Gasteiger partial charge in [-0.2, -0.15) is 5.26 Å². The van der Waals surface area contributed by atoms with E-state index in [1.165, 1.54) is 0 Å². The van der Waals surface area contributed by atoms with E-state index in [1.54, 1.807) is 12.1 Å². The number of rotatable bonds is 10. The highest BCUT2D eigenvalue weighted by molar-refractivity contribution is 6.01. The van der Waals surface area contributed by atoms with Crippen molar-refractivity contribution in [3.05, 3.63) is 95.1 Å². The summed E-state index contributed by atoms with van der Waals surface area (Å²) < 4.78 is 10.9. The number of hydrogen-bond donors (Lipinski definition) is 1. The van der Waals surface area contributed by atoms with Crippen LogP contribution in [0.2, 0.25) is 0 Å². The largest absolute Gasteiger partial charge is 0.379 e. The number of carbonyl (C=O) groups excluding carboxylic acids is 1. The molecule has 5 heteroatoms. The van der Waals surface area contributed by atoms with E-state index < -0.39 is 0 Å². The first-order chi connectivity index (χ1) is 15.2. The van der Waals surface area contributed by atoms with Crippen molar-refractivity contribution in [3.63, 3.8) is 0 Å². The maximum absolute atomic E-state index is 12.9. The van der Waals surface area contributed by atoms with Crippen LogP contribution in [0.4, 0.5) is 0 Å². The molecule has 5 nitrogen and oxygen atoms in total. The predicted octanol–water partition coefficient (Wildman–Crippen LogP) is 4.71. The second kappa shape index (κ2) is 11.7. The van der Waals surface area contributed by atoms with E-state index in [0.717, 1.165) is 22.3 Å². The van der Waals surface area contributed by atoms with Crippen molar-refractivity contribution in [1.82, 2.24) is 5.32 Å². The maximum Gasteiger partial charge on any atom is 0.252 e. The van der Waals surface area contributed by atoms with Crippen LogP contribution in [0.5, 0.6) is 0 Å². The SMILES string of the molecule is CCOCCOCc1cccc(CNC(=O)c2ccccc2-c2ccccc2C#N)c1. The van der Waals surface area contributed by atoms with Gasteiger partial charge in [-0.1, -0.05) is 60.7 Å². The lowest BCUT2D eigenvalue weighted by Crippen LogP contribution is -2.23. The summed E-state index contributed by atoms with van der Waals surface area (Å²) in [5, 5.41) is 12.4. The van der Waals surface area contributed by atoms with Crippen molar-refractivity contribution in [2.24, 2.45) is 0 Å². The molecule has 31 heavy (non-hydrogen) atoms. The number of hydrogen-bond acceptors (Lipinski definition) is 4. The van der Waals surface area contributed by atoms with Gasteiger partial charge in [0.1, 0.15) is 0 Å². The van der Waals surface area contributed by atoms with Gasteiger partial charge in [0.2, 0.25) is 0 Å². The highest BCUT2D eigenvalue weighted by Gasteiger charge is 2.14. The summed E-state index contributed by atoms with van der Waals surface area (Å²) in [6.07, 6.45) is 0. The minimum absolute atomic E-state index is 0.179. The summed E-state index contributed by atoms with van der Waals surface area (Å²) in [7, 11) is 0. The Hall–Kier alpha value is -3.46. The quantitative estimate of drug-likeness (QED) is 0.488. The molecule has 0 aliphatic heterocycles. The van der Waals surface area contributed by atoms with E-state index in [-0.39, 0.29) is 5.91 Å². The highest BCUT2D eigenvalue weighted by atomic mass is 16.5. The first kappa shape index (κ1) is 22.2. The Bertz CT molecular complexity index is 1060. The van der Waals surface area contributed by atoms with Gasteiger partial charge in [-0.3, -0.25) is 4.79 Å². The van der Waals surface area contributed by atoms with Crippen molar-refractivity contribution in [2.75, 3.05) is 19.8 Å². The van der Waals surface area contributed by atoms with Crippen LogP contribution in [0.3, 0.4) is 0 Å². The third-order valence-electron chi connectivity index (χ3n) is 4.80. The van der Waals surface area contributed by atoms with Crippen LogP contribution >= 0.6 is 0 Å². The Kier molecular flexibility index (Phi) is 8.36. The summed E-state index contributed by atoms with van der Waals surface area (Å²) in [6.45, 7) is 4.68. The molecule has 0 aromatic heterocycles. The summed E-state index contributed by atoms with van der Waals surface area (Å²) in [4.78, 5) is 12.9. The number of benzene rings is 3. The van der Waals surface area contributed by atoms with Gasteiger partial charge in [0.25, 0.3) is 5.91 Å². The molecule has 0 radical (unpaired) electrons. The van der Waals surface area contributed by atoms with E-state index in [4.69, 9.17) is 9.47 Å². The van der Waals surface area contributed by atoms with Crippen molar-refractivity contribution in [1.29, 1.82) is 5.26 Å². The average molecular weight is 415 g/mol. The van der Waals surface area contributed by atoms with Crippen LogP contribution in [0.25, 0.3) is 11.1 Å². The number of amides is 1. The third-order valence-corrected chi connectivity index (χ3v) is 4.80. The lowest BCUT2D eigenvalue weighted by atomic mass is 9.95. The van der Waals surface area contributed by atoms with Gasteiger partial charge in [-0.25, -0.2) is 0 Å². The van der Waals surface area contributed by atoms with Crippen molar-refractivity contribution in [2.45, 2.75) is 20.1 Å². The predicted molar refractivity (Wildman–Crippen MR) is 120 cm³/mol. The van der Waals surface area contributed by atoms with E-state index in [1.807, 2.05) is 67.6 Å². The molecule has 0 unspecified atom stereocenters. The standard InChI is InChI=1S/C26H26N2O3/c1-2-30-14-15-31-19-21-9-7-8-20(16-21)18-28-26(29)25-13-6-5-12-24(25)23-11-4-3-10-22(23)17-27/h3-13,16H,2,14-15,18-19H2,1H3,(H,28,29). The fraction of sp³-hybridized carbons (Fsp3) is 0.231. The second-order valence-corrected chi connectivity index (χ2v) is 6.96. The van der Waals surface area contributed by atoms with Gasteiger partial charge in [0.05, 0.1) is 31.5 Å². The fourth-order valence-electron chi connectivity index (χ4n) is 3.29. The van der Waals surface area contributed by atoms with Gasteiger partial charge in [0, 0.05) is 24.3 Å². The molecule has 3 aromatic rings. The smallest absolute Gasteiger partial charge is 0.252 e. The molecule has 0 bridgehead atoms. The zero-order valence-electron chi connectivity index (χ0n) is 17.6. The molecule has 3 aromatic carbocycles. The summed E-state index contributed by atoms with van der Waals surface area (Å²) >= 11 is 0. The van der Waals surface area contributed by atoms with Gasteiger partial charge >= 0.3 is 0 Å². The molecule has 158 valence electrons. The van der Waals surface area contributed by atoms with Crippen LogP contribution in [-0.2, 0) is 22.6 Å². The van der Waals surface area contributed by atoms with Crippen molar-refractivity contribution >= 4 is 5.91 Å². The highest BCUT2D eigenvalue weighted by Crippen LogP contribution is 2.26. The molecule has 0 fully saturated rings. The van der Waals surface area contributed by atoms with Crippen LogP contribution in [0, 0.1) is 11.3 Å². The maximum atomic E-state index is 12.9. The lowest BCUT2D eigenvalue weighted by Gasteiger charge is -2.12. The fourth-order valence-corrected chi connectivity index (χ4v) is 3.29. The first-order valence-electron chi connectivity index (χ1n) is 10.3. The minimum atomic E-state index is -0.179. The zero-order chi connectivity index (χ0) is 21.9. The molecule has 0 aliphatic carbocycles. The molecule has 0 spiro atoms. The Morgan fingerprint density at radius 2 is 1.61 bits per heavy atom. The Morgan fingerprint density at radius 3 is 2.42 bits per heavy atom. The van der Waals surface area contributed by atoms with Gasteiger partial charge < -0.3 is 14.8 Å². The van der Waals surface area contributed by atoms with Crippen LogP contribution < -0.4 is 5.32 Å². The number of carbonyl (C=O) groups is 1. The minimum Gasteiger partial charge on any atom is -0.379 e. The second-order valence-electron chi connectivity index (χ2n) is 6.96. The normalized spacial score (nSPS) is 10.5. The van der Waals surface area contributed by atoms with Gasteiger partial charge in [-0.15, -0.1) is 0 Å². The Morgan fingerprint density at radius 1 is 0.903 bits per heavy atom. The van der Waals surface area contributed by atoms with Crippen LogP contribution in [0.15, 0.2) is 72.8 Å². The summed E-state index contributed by atoms with van der Waals surface area (Å²) in [5.41, 5.74) is 4.62. The number of ether oxygens (including phenoxy) is 2. The molecule has 0 atom stereocenters. The molecule has 0 saturated heterocycles. The van der Waals surface area contributed by atoms with E-state index in [0.29, 0.717) is 44.1 Å². The number of nitrogens with zero attached hydrogens (tertiary/aromatic N) is 1. The Balaban J connectivity index is 1.66. The van der Waals surface area contributed by atoms with Gasteiger partial charge in [0.15, 0.2) is 0 Å². The van der Waals surface area contributed by atoms with Crippen molar-refractivity contribution < 1.29 is 14.3 Å². The van der Waals surface area contributed by atoms with Crippen LogP contribution in [-0.4, -0.2) is 25.7 Å². The van der Waals surface area contributed by atoms with Crippen molar-refractivity contribution in [3.8, 4) is 17.2 Å². The van der Waals surface area contributed by atoms with E-state index in [2.05, 4.69) is 11.4 Å². The third kappa shape index (κ3) is 6.26. The molecule has 1 amide bonds. The molecular weight excluding hydrogens is 388 g/mol. The first-order valence-corrected chi connectivity index (χ1v) is 10.3. The summed E-state index contributed by atoms with van der Waals surface area (Å²) in [6, 6.07) is 24.8. The monoisotopic (exact) mass is 414 g/mol. The molecule has 1 N–H and O–H groups in total. The number of nitrogens with one attached hydrogen (secondary N) is 1. The number of nitriles is 1. The average Bonchev–Trinajstić information content (AvgIpc) is 2.82. The van der Waals surface area contributed by atoms with E-state index in [9.17, 15) is 10.1 Å². The summed E-state index contributed by atoms with van der Waals surface area (Å²) in [5.74, 6) is -0.179. The molecule has 0 saturated carbocycles. The molecule has 0 aliphatic rings. The lowest BCUT2D eigenvalue weighted by molar-refractivity contribution is 0.0453. The van der Waals surface area contributed by atoms with E-state index >= 15 is 0 Å². The molecule has 3 rings (SSSR count). The van der Waals surface area contributed by atoms with Crippen LogP contribution in [0.1, 0.15) is 34.0 Å². The Labute approximate surface area is 183 Å².